The summed E-state index contributed by atoms with van der Waals surface area (Å²) in [4.78, 5) is 51.5. The zero-order chi connectivity index (χ0) is 21.4. The second kappa shape index (κ2) is 7.68. The molecule has 1 aromatic heterocycles. The number of thioether (sulfide) groups is 1. The van der Waals surface area contributed by atoms with E-state index < -0.39 is 17.8 Å². The normalized spacial score (nSPS) is 12.8. The van der Waals surface area contributed by atoms with Crippen molar-refractivity contribution in [1.29, 1.82) is 0 Å². The molecule has 1 aliphatic rings. The molecule has 0 spiro atoms. The van der Waals surface area contributed by atoms with Crippen molar-refractivity contribution in [2.45, 2.75) is 11.9 Å². The molecule has 30 heavy (non-hydrogen) atoms. The first kappa shape index (κ1) is 19.7. The number of carbonyl (C=O) groups is 3. The van der Waals surface area contributed by atoms with Gasteiger partial charge in [-0.2, -0.15) is 0 Å². The number of hydroxylamine groups is 2. The molecule has 2 aromatic carbocycles. The van der Waals surface area contributed by atoms with E-state index in [0.29, 0.717) is 27.2 Å². The molecular weight excluding hydrogens is 409 g/mol. The van der Waals surface area contributed by atoms with E-state index in [1.807, 2.05) is 0 Å². The third-order valence-corrected chi connectivity index (χ3v) is 5.17. The first-order chi connectivity index (χ1) is 14.4. The molecule has 0 radical (unpaired) electrons. The molecule has 0 N–H and O–H groups in total. The number of hydrogen-bond donors (Lipinski definition) is 0. The fourth-order valence-corrected chi connectivity index (χ4v) is 3.65. The van der Waals surface area contributed by atoms with Crippen molar-refractivity contribution in [2.24, 2.45) is 0 Å². The fourth-order valence-electron chi connectivity index (χ4n) is 3.04. The number of fused-ring (bicyclic) bond motifs is 1. The summed E-state index contributed by atoms with van der Waals surface area (Å²) < 4.78 is 13.2. The number of aromatic nitrogens is 2. The van der Waals surface area contributed by atoms with Crippen LogP contribution >= 0.6 is 11.8 Å². The Hall–Kier alpha value is -3.59. The van der Waals surface area contributed by atoms with Crippen molar-refractivity contribution in [1.82, 2.24) is 15.0 Å². The Bertz CT molecular complexity index is 1160. The topological polar surface area (TPSA) is 89.5 Å². The summed E-state index contributed by atoms with van der Waals surface area (Å²) in [5.41, 5.74) is 1.26. The smallest absolute Gasteiger partial charge is 0.324 e. The maximum absolute atomic E-state index is 13.2. The van der Waals surface area contributed by atoms with E-state index in [4.69, 9.17) is 4.84 Å². The second-order valence-electron chi connectivity index (χ2n) is 6.35. The molecular formula is C21H14FN3O4S. The van der Waals surface area contributed by atoms with Gasteiger partial charge in [0.1, 0.15) is 16.4 Å². The van der Waals surface area contributed by atoms with E-state index in [-0.39, 0.29) is 22.5 Å². The molecule has 7 nitrogen and oxygen atoms in total. The first-order valence-electron chi connectivity index (χ1n) is 8.79. The minimum Gasteiger partial charge on any atom is -0.324 e. The maximum Gasteiger partial charge on any atom is 0.368 e. The van der Waals surface area contributed by atoms with Crippen molar-refractivity contribution >= 4 is 29.5 Å². The SMILES string of the molecule is CSc1nc(-c2ccc(F)cc2)nc(C)c1C(=O)ON1C(=O)c2ccccc2C1=O. The Kier molecular flexibility index (Phi) is 5.04. The van der Waals surface area contributed by atoms with E-state index in [1.165, 1.54) is 48.2 Å². The van der Waals surface area contributed by atoms with Crippen LogP contribution in [-0.4, -0.2) is 39.1 Å². The van der Waals surface area contributed by atoms with Gasteiger partial charge in [0, 0.05) is 5.56 Å². The van der Waals surface area contributed by atoms with Crippen LogP contribution in [0.15, 0.2) is 53.6 Å². The molecule has 0 saturated heterocycles. The number of amides is 2. The van der Waals surface area contributed by atoms with Gasteiger partial charge in [-0.05, 0) is 49.6 Å². The van der Waals surface area contributed by atoms with E-state index in [1.54, 1.807) is 25.3 Å². The molecule has 150 valence electrons. The minimum absolute atomic E-state index is 0.0462. The molecule has 9 heteroatoms. The third kappa shape index (κ3) is 3.33. The van der Waals surface area contributed by atoms with Gasteiger partial charge in [0.05, 0.1) is 16.8 Å². The van der Waals surface area contributed by atoms with Crippen LogP contribution in [-0.2, 0) is 4.84 Å². The van der Waals surface area contributed by atoms with Gasteiger partial charge in [-0.1, -0.05) is 17.2 Å². The van der Waals surface area contributed by atoms with Crippen LogP contribution in [0.1, 0.15) is 36.8 Å². The molecule has 2 heterocycles. The minimum atomic E-state index is -0.919. The lowest BCUT2D eigenvalue weighted by Crippen LogP contribution is -2.33. The van der Waals surface area contributed by atoms with Crippen molar-refractivity contribution in [3.8, 4) is 11.4 Å². The van der Waals surface area contributed by atoms with Gasteiger partial charge in [-0.3, -0.25) is 9.59 Å². The summed E-state index contributed by atoms with van der Waals surface area (Å²) in [6.07, 6.45) is 1.72. The lowest BCUT2D eigenvalue weighted by atomic mass is 10.1. The van der Waals surface area contributed by atoms with Gasteiger partial charge in [0.25, 0.3) is 11.8 Å². The first-order valence-corrected chi connectivity index (χ1v) is 10.0. The van der Waals surface area contributed by atoms with Crippen LogP contribution in [0.4, 0.5) is 4.39 Å². The monoisotopic (exact) mass is 423 g/mol. The lowest BCUT2D eigenvalue weighted by molar-refractivity contribution is -0.0588. The van der Waals surface area contributed by atoms with Crippen LogP contribution in [0.3, 0.4) is 0 Å². The van der Waals surface area contributed by atoms with E-state index >= 15 is 0 Å². The molecule has 0 atom stereocenters. The Labute approximate surface area is 174 Å². The van der Waals surface area contributed by atoms with Gasteiger partial charge in [0.2, 0.25) is 0 Å². The summed E-state index contributed by atoms with van der Waals surface area (Å²) in [5.74, 6) is -2.42. The number of aryl methyl sites for hydroxylation is 1. The van der Waals surface area contributed by atoms with E-state index in [2.05, 4.69) is 9.97 Å². The highest BCUT2D eigenvalue weighted by Crippen LogP contribution is 2.28. The van der Waals surface area contributed by atoms with E-state index in [0.717, 1.165) is 0 Å². The number of hydrogen-bond acceptors (Lipinski definition) is 7. The zero-order valence-electron chi connectivity index (χ0n) is 15.9. The van der Waals surface area contributed by atoms with Gasteiger partial charge < -0.3 is 4.84 Å². The zero-order valence-corrected chi connectivity index (χ0v) is 16.7. The van der Waals surface area contributed by atoms with Gasteiger partial charge in [-0.15, -0.1) is 11.8 Å². The maximum atomic E-state index is 13.2. The number of halogens is 1. The summed E-state index contributed by atoms with van der Waals surface area (Å²) in [6.45, 7) is 1.59. The molecule has 0 fully saturated rings. The molecule has 3 aromatic rings. The predicted molar refractivity (Wildman–Crippen MR) is 106 cm³/mol. The second-order valence-corrected chi connectivity index (χ2v) is 7.15. The van der Waals surface area contributed by atoms with Crippen molar-refractivity contribution in [2.75, 3.05) is 6.26 Å². The quantitative estimate of drug-likeness (QED) is 0.359. The van der Waals surface area contributed by atoms with Crippen LogP contribution < -0.4 is 0 Å². The largest absolute Gasteiger partial charge is 0.368 e. The molecule has 0 unspecified atom stereocenters. The fraction of sp³-hybridized carbons (Fsp3) is 0.0952. The number of imide groups is 1. The summed E-state index contributed by atoms with van der Waals surface area (Å²) in [6, 6.07) is 11.9. The average molecular weight is 423 g/mol. The Morgan fingerprint density at radius 3 is 2.17 bits per heavy atom. The molecule has 0 saturated carbocycles. The Morgan fingerprint density at radius 1 is 1.00 bits per heavy atom. The highest BCUT2D eigenvalue weighted by atomic mass is 32.2. The number of benzene rings is 2. The summed E-state index contributed by atoms with van der Waals surface area (Å²) in [5, 5.41) is 0.758. The van der Waals surface area contributed by atoms with Crippen LogP contribution in [0.5, 0.6) is 0 Å². The van der Waals surface area contributed by atoms with Crippen molar-refractivity contribution in [3.05, 3.63) is 76.7 Å². The number of rotatable bonds is 4. The Morgan fingerprint density at radius 2 is 1.60 bits per heavy atom. The van der Waals surface area contributed by atoms with Crippen LogP contribution in [0.25, 0.3) is 11.4 Å². The van der Waals surface area contributed by atoms with Gasteiger partial charge in [0.15, 0.2) is 5.82 Å². The molecule has 1 aliphatic heterocycles. The van der Waals surface area contributed by atoms with Crippen molar-refractivity contribution < 1.29 is 23.6 Å². The van der Waals surface area contributed by atoms with Crippen LogP contribution in [0.2, 0.25) is 0 Å². The third-order valence-electron chi connectivity index (χ3n) is 4.49. The summed E-state index contributed by atoms with van der Waals surface area (Å²) in [7, 11) is 0. The van der Waals surface area contributed by atoms with Crippen molar-refractivity contribution in [3.63, 3.8) is 0 Å². The number of carbonyl (C=O) groups excluding carboxylic acids is 3. The average Bonchev–Trinajstić information content (AvgIpc) is 2.98. The van der Waals surface area contributed by atoms with Gasteiger partial charge >= 0.3 is 5.97 Å². The highest BCUT2D eigenvalue weighted by Gasteiger charge is 2.39. The van der Waals surface area contributed by atoms with E-state index in [9.17, 15) is 18.8 Å². The standard InChI is InChI=1S/C21H14FN3O4S/c1-11-16(18(30-2)24-17(23-11)12-7-9-13(22)10-8-12)21(28)29-25-19(26)14-5-3-4-6-15(14)20(25)27/h3-10H,1-2H3. The molecule has 2 amide bonds. The van der Waals surface area contributed by atoms with Gasteiger partial charge in [-0.25, -0.2) is 19.2 Å². The predicted octanol–water partition coefficient (Wildman–Crippen LogP) is 3.68. The molecule has 0 aliphatic carbocycles. The highest BCUT2D eigenvalue weighted by molar-refractivity contribution is 7.98. The molecule has 0 bridgehead atoms. The lowest BCUT2D eigenvalue weighted by Gasteiger charge is -2.15. The van der Waals surface area contributed by atoms with Crippen LogP contribution in [0, 0.1) is 12.7 Å². The number of nitrogens with zero attached hydrogens (tertiary/aromatic N) is 3. The Balaban J connectivity index is 1.65. The molecule has 4 rings (SSSR count). The summed E-state index contributed by atoms with van der Waals surface area (Å²) >= 11 is 1.18.